The number of hydrogen-bond acceptors (Lipinski definition) is 3. The van der Waals surface area contributed by atoms with Crippen LogP contribution in [0.4, 0.5) is 11.4 Å². The molecule has 2 aromatic rings. The van der Waals surface area contributed by atoms with Crippen LogP contribution in [0.2, 0.25) is 0 Å². The van der Waals surface area contributed by atoms with Crippen LogP contribution >= 0.6 is 0 Å². The maximum absolute atomic E-state index is 12.1. The van der Waals surface area contributed by atoms with Gasteiger partial charge in [-0.05, 0) is 49.7 Å². The normalized spacial score (nSPS) is 10.4. The molecule has 4 N–H and O–H groups in total. The van der Waals surface area contributed by atoms with Gasteiger partial charge in [-0.2, -0.15) is 0 Å². The standard InChI is InChI=1S/C18H21N3O2/c1-12(2)20-18(23)14-4-3-5-16(11-14)21-17(22)10-13-6-8-15(19)9-7-13/h3-9,11-12H,10,19H2,1-2H3,(H,20,23)(H,21,22). The summed E-state index contributed by atoms with van der Waals surface area (Å²) in [7, 11) is 0. The van der Waals surface area contributed by atoms with Crippen molar-refractivity contribution in [2.75, 3.05) is 11.1 Å². The molecule has 0 aliphatic carbocycles. The number of amides is 2. The fourth-order valence-electron chi connectivity index (χ4n) is 2.11. The van der Waals surface area contributed by atoms with Gasteiger partial charge in [0.05, 0.1) is 6.42 Å². The summed E-state index contributed by atoms with van der Waals surface area (Å²) in [6.07, 6.45) is 0.253. The summed E-state index contributed by atoms with van der Waals surface area (Å²) >= 11 is 0. The molecule has 0 aromatic heterocycles. The quantitative estimate of drug-likeness (QED) is 0.742. The minimum Gasteiger partial charge on any atom is -0.399 e. The van der Waals surface area contributed by atoms with Crippen LogP contribution in [0.5, 0.6) is 0 Å². The van der Waals surface area contributed by atoms with Gasteiger partial charge in [0.1, 0.15) is 0 Å². The maximum atomic E-state index is 12.1. The highest BCUT2D eigenvalue weighted by Crippen LogP contribution is 2.12. The Morgan fingerprint density at radius 2 is 1.78 bits per heavy atom. The fourth-order valence-corrected chi connectivity index (χ4v) is 2.11. The molecule has 0 saturated heterocycles. The fraction of sp³-hybridized carbons (Fsp3) is 0.222. The van der Waals surface area contributed by atoms with E-state index in [9.17, 15) is 9.59 Å². The first kappa shape index (κ1) is 16.5. The zero-order chi connectivity index (χ0) is 16.8. The summed E-state index contributed by atoms with van der Waals surface area (Å²) in [6, 6.07) is 14.1. The molecule has 0 spiro atoms. The van der Waals surface area contributed by atoms with E-state index >= 15 is 0 Å². The minimum absolute atomic E-state index is 0.0614. The molecular weight excluding hydrogens is 290 g/mol. The first-order valence-corrected chi connectivity index (χ1v) is 7.49. The number of nitrogens with two attached hydrogens (primary N) is 1. The molecule has 0 radical (unpaired) electrons. The summed E-state index contributed by atoms with van der Waals surface area (Å²) in [6.45, 7) is 3.80. The minimum atomic E-state index is -0.158. The van der Waals surface area contributed by atoms with E-state index in [4.69, 9.17) is 5.73 Å². The molecule has 0 bridgehead atoms. The van der Waals surface area contributed by atoms with Crippen molar-refractivity contribution in [3.05, 3.63) is 59.7 Å². The van der Waals surface area contributed by atoms with Crippen molar-refractivity contribution in [1.29, 1.82) is 0 Å². The lowest BCUT2D eigenvalue weighted by molar-refractivity contribution is -0.115. The molecule has 23 heavy (non-hydrogen) atoms. The van der Waals surface area contributed by atoms with Gasteiger partial charge in [0.15, 0.2) is 0 Å². The molecule has 0 unspecified atom stereocenters. The molecular formula is C18H21N3O2. The van der Waals surface area contributed by atoms with Gasteiger partial charge in [-0.15, -0.1) is 0 Å². The van der Waals surface area contributed by atoms with Crippen molar-refractivity contribution < 1.29 is 9.59 Å². The average molecular weight is 311 g/mol. The van der Waals surface area contributed by atoms with Crippen molar-refractivity contribution in [3.63, 3.8) is 0 Å². The van der Waals surface area contributed by atoms with Gasteiger partial charge < -0.3 is 16.4 Å². The van der Waals surface area contributed by atoms with E-state index in [-0.39, 0.29) is 24.3 Å². The summed E-state index contributed by atoms with van der Waals surface area (Å²) in [4.78, 5) is 24.1. The van der Waals surface area contributed by atoms with Crippen LogP contribution < -0.4 is 16.4 Å². The molecule has 2 rings (SSSR count). The van der Waals surface area contributed by atoms with E-state index in [0.29, 0.717) is 16.9 Å². The number of carbonyl (C=O) groups is 2. The third-order valence-corrected chi connectivity index (χ3v) is 3.17. The predicted molar refractivity (Wildman–Crippen MR) is 92.2 cm³/mol. The third kappa shape index (κ3) is 5.14. The Hall–Kier alpha value is -2.82. The molecule has 5 heteroatoms. The molecule has 0 heterocycles. The van der Waals surface area contributed by atoms with E-state index in [2.05, 4.69) is 10.6 Å². The zero-order valence-electron chi connectivity index (χ0n) is 13.3. The van der Waals surface area contributed by atoms with Gasteiger partial charge in [0.2, 0.25) is 5.91 Å². The monoisotopic (exact) mass is 311 g/mol. The van der Waals surface area contributed by atoms with Crippen LogP contribution in [0, 0.1) is 0 Å². The molecule has 120 valence electrons. The number of carbonyl (C=O) groups excluding carboxylic acids is 2. The smallest absolute Gasteiger partial charge is 0.251 e. The number of anilines is 2. The van der Waals surface area contributed by atoms with Crippen LogP contribution in [0.15, 0.2) is 48.5 Å². The third-order valence-electron chi connectivity index (χ3n) is 3.17. The lowest BCUT2D eigenvalue weighted by Gasteiger charge is -2.10. The molecule has 0 saturated carbocycles. The van der Waals surface area contributed by atoms with E-state index in [1.165, 1.54) is 0 Å². The van der Waals surface area contributed by atoms with Crippen LogP contribution in [0.25, 0.3) is 0 Å². The van der Waals surface area contributed by atoms with Crippen molar-refractivity contribution in [2.24, 2.45) is 0 Å². The summed E-state index contributed by atoms with van der Waals surface area (Å²) in [5, 5.41) is 5.62. The Labute approximate surface area is 135 Å². The summed E-state index contributed by atoms with van der Waals surface area (Å²) in [5.41, 5.74) is 8.28. The molecule has 0 atom stereocenters. The lowest BCUT2D eigenvalue weighted by Crippen LogP contribution is -2.30. The van der Waals surface area contributed by atoms with Gasteiger partial charge in [-0.3, -0.25) is 9.59 Å². The average Bonchev–Trinajstić information content (AvgIpc) is 2.49. The zero-order valence-corrected chi connectivity index (χ0v) is 13.3. The van der Waals surface area contributed by atoms with Gasteiger partial charge in [-0.25, -0.2) is 0 Å². The highest BCUT2D eigenvalue weighted by atomic mass is 16.2. The topological polar surface area (TPSA) is 84.2 Å². The number of nitrogen functional groups attached to an aromatic ring is 1. The van der Waals surface area contributed by atoms with Gasteiger partial charge in [0, 0.05) is 23.0 Å². The first-order chi connectivity index (χ1) is 10.9. The Bertz CT molecular complexity index is 694. The van der Waals surface area contributed by atoms with Crippen molar-refractivity contribution in [3.8, 4) is 0 Å². The second kappa shape index (κ2) is 7.45. The Morgan fingerprint density at radius 3 is 2.43 bits per heavy atom. The number of nitrogens with one attached hydrogen (secondary N) is 2. The van der Waals surface area contributed by atoms with Gasteiger partial charge in [-0.1, -0.05) is 18.2 Å². The Morgan fingerprint density at radius 1 is 1.09 bits per heavy atom. The molecule has 0 aliphatic heterocycles. The van der Waals surface area contributed by atoms with Crippen LogP contribution in [0.3, 0.4) is 0 Å². The number of hydrogen-bond donors (Lipinski definition) is 3. The summed E-state index contributed by atoms with van der Waals surface area (Å²) in [5.74, 6) is -0.300. The van der Waals surface area contributed by atoms with Crippen LogP contribution in [-0.4, -0.2) is 17.9 Å². The van der Waals surface area contributed by atoms with Gasteiger partial charge >= 0.3 is 0 Å². The lowest BCUT2D eigenvalue weighted by atomic mass is 10.1. The van der Waals surface area contributed by atoms with Crippen molar-refractivity contribution >= 4 is 23.2 Å². The second-order valence-corrected chi connectivity index (χ2v) is 5.68. The highest BCUT2D eigenvalue weighted by Gasteiger charge is 2.09. The maximum Gasteiger partial charge on any atom is 0.251 e. The largest absolute Gasteiger partial charge is 0.399 e. The van der Waals surface area contributed by atoms with E-state index in [1.54, 1.807) is 36.4 Å². The predicted octanol–water partition coefficient (Wildman–Crippen LogP) is 2.59. The van der Waals surface area contributed by atoms with E-state index in [0.717, 1.165) is 5.56 Å². The Balaban J connectivity index is 2.00. The Kier molecular flexibility index (Phi) is 5.36. The van der Waals surface area contributed by atoms with Crippen molar-refractivity contribution in [2.45, 2.75) is 26.3 Å². The summed E-state index contributed by atoms with van der Waals surface area (Å²) < 4.78 is 0. The molecule has 0 fully saturated rings. The molecule has 5 nitrogen and oxygen atoms in total. The highest BCUT2D eigenvalue weighted by molar-refractivity contribution is 5.97. The van der Waals surface area contributed by atoms with E-state index < -0.39 is 0 Å². The first-order valence-electron chi connectivity index (χ1n) is 7.49. The van der Waals surface area contributed by atoms with Gasteiger partial charge in [0.25, 0.3) is 5.91 Å². The van der Waals surface area contributed by atoms with E-state index in [1.807, 2.05) is 26.0 Å². The molecule has 2 amide bonds. The second-order valence-electron chi connectivity index (χ2n) is 5.68. The molecule has 0 aliphatic rings. The number of rotatable bonds is 5. The van der Waals surface area contributed by atoms with Crippen LogP contribution in [0.1, 0.15) is 29.8 Å². The van der Waals surface area contributed by atoms with Crippen molar-refractivity contribution in [1.82, 2.24) is 5.32 Å². The van der Waals surface area contributed by atoms with Crippen LogP contribution in [-0.2, 0) is 11.2 Å². The SMILES string of the molecule is CC(C)NC(=O)c1cccc(NC(=O)Cc2ccc(N)cc2)c1. The molecule has 2 aromatic carbocycles. The number of benzene rings is 2.